The first-order valence-electron chi connectivity index (χ1n) is 6.84. The van der Waals surface area contributed by atoms with Gasteiger partial charge in [0.1, 0.15) is 10.6 Å². The molecule has 7 nitrogen and oxygen atoms in total. The molecule has 0 aromatic carbocycles. The lowest BCUT2D eigenvalue weighted by Crippen LogP contribution is -2.30. The van der Waals surface area contributed by atoms with Crippen molar-refractivity contribution in [2.45, 2.75) is 24.8 Å². The molecule has 0 saturated carbocycles. The molecule has 1 amide bonds. The van der Waals surface area contributed by atoms with Crippen LogP contribution in [0.2, 0.25) is 0 Å². The van der Waals surface area contributed by atoms with Crippen LogP contribution in [0.25, 0.3) is 0 Å². The molecular formula is C13H21N3O4S. The fraction of sp³-hybridized carbons (Fsp3) is 0.615. The summed E-state index contributed by atoms with van der Waals surface area (Å²) in [6.07, 6.45) is 2.35. The van der Waals surface area contributed by atoms with Gasteiger partial charge in [0, 0.05) is 32.9 Å². The van der Waals surface area contributed by atoms with Crippen molar-refractivity contribution < 1.29 is 17.9 Å². The van der Waals surface area contributed by atoms with E-state index in [1.807, 2.05) is 0 Å². The van der Waals surface area contributed by atoms with Crippen LogP contribution in [0.1, 0.15) is 23.8 Å². The highest BCUT2D eigenvalue weighted by atomic mass is 32.2. The van der Waals surface area contributed by atoms with Crippen LogP contribution < -0.4 is 5.14 Å². The van der Waals surface area contributed by atoms with E-state index < -0.39 is 10.0 Å². The highest BCUT2D eigenvalue weighted by Gasteiger charge is 2.27. The zero-order chi connectivity index (χ0) is 15.6. The first-order chi connectivity index (χ1) is 9.82. The smallest absolute Gasteiger partial charge is 0.270 e. The topological polar surface area (TPSA) is 94.6 Å². The molecule has 1 aromatic heterocycles. The van der Waals surface area contributed by atoms with E-state index in [1.54, 1.807) is 16.6 Å². The van der Waals surface area contributed by atoms with Gasteiger partial charge in [-0.15, -0.1) is 0 Å². The molecule has 1 fully saturated rings. The van der Waals surface area contributed by atoms with Gasteiger partial charge in [-0.2, -0.15) is 0 Å². The van der Waals surface area contributed by atoms with Crippen molar-refractivity contribution in [3.05, 3.63) is 18.0 Å². The Morgan fingerprint density at radius 2 is 2.24 bits per heavy atom. The number of primary sulfonamides is 1. The zero-order valence-corrected chi connectivity index (χ0v) is 13.1. The molecule has 2 rings (SSSR count). The molecule has 0 radical (unpaired) electrons. The van der Waals surface area contributed by atoms with Crippen LogP contribution in [0.4, 0.5) is 0 Å². The van der Waals surface area contributed by atoms with E-state index in [-0.39, 0.29) is 10.8 Å². The van der Waals surface area contributed by atoms with Crippen LogP contribution in [0, 0.1) is 5.92 Å². The lowest BCUT2D eigenvalue weighted by Gasteiger charge is -2.17. The summed E-state index contributed by atoms with van der Waals surface area (Å²) in [7, 11) is -2.28. The molecule has 0 aliphatic carbocycles. The van der Waals surface area contributed by atoms with Gasteiger partial charge < -0.3 is 14.2 Å². The van der Waals surface area contributed by atoms with E-state index in [0.29, 0.717) is 37.9 Å². The molecule has 2 N–H and O–H groups in total. The van der Waals surface area contributed by atoms with Crippen molar-refractivity contribution in [3.63, 3.8) is 0 Å². The number of hydrogen-bond donors (Lipinski definition) is 1. The highest BCUT2D eigenvalue weighted by Crippen LogP contribution is 2.20. The predicted molar refractivity (Wildman–Crippen MR) is 77.4 cm³/mol. The number of methoxy groups -OCH3 is 1. The van der Waals surface area contributed by atoms with Crippen LogP contribution in [0.5, 0.6) is 0 Å². The average Bonchev–Trinajstić information content (AvgIpc) is 3.01. The summed E-state index contributed by atoms with van der Waals surface area (Å²) in [6, 6.07) is 1.34. The number of hydrogen-bond acceptors (Lipinski definition) is 4. The molecule has 1 aliphatic heterocycles. The second-order valence-electron chi connectivity index (χ2n) is 5.44. The summed E-state index contributed by atoms with van der Waals surface area (Å²) in [5.74, 6) is 0.305. The first kappa shape index (κ1) is 16.0. The SMILES string of the molecule is COCCn1cc(S(N)(=O)=O)cc1C(=O)N1CCC(C)C1. The number of sulfonamides is 1. The van der Waals surface area contributed by atoms with E-state index in [9.17, 15) is 13.2 Å². The van der Waals surface area contributed by atoms with Crippen LogP contribution in [-0.2, 0) is 21.3 Å². The third-order valence-corrected chi connectivity index (χ3v) is 4.55. The first-order valence-corrected chi connectivity index (χ1v) is 8.38. The molecule has 118 valence electrons. The zero-order valence-electron chi connectivity index (χ0n) is 12.3. The molecule has 1 atom stereocenters. The number of aromatic nitrogens is 1. The number of amides is 1. The Morgan fingerprint density at radius 3 is 2.76 bits per heavy atom. The normalized spacial score (nSPS) is 19.2. The lowest BCUT2D eigenvalue weighted by atomic mass is 10.2. The van der Waals surface area contributed by atoms with E-state index in [2.05, 4.69) is 6.92 Å². The summed E-state index contributed by atoms with van der Waals surface area (Å²) < 4.78 is 29.5. The predicted octanol–water partition coefficient (Wildman–Crippen LogP) is 0.264. The summed E-state index contributed by atoms with van der Waals surface area (Å²) in [5.41, 5.74) is 0.338. The van der Waals surface area contributed by atoms with Gasteiger partial charge in [-0.1, -0.05) is 6.92 Å². The number of nitrogens with zero attached hydrogens (tertiary/aromatic N) is 2. The Hall–Kier alpha value is -1.38. The van der Waals surface area contributed by atoms with Crippen molar-refractivity contribution in [3.8, 4) is 0 Å². The van der Waals surface area contributed by atoms with Gasteiger partial charge in [-0.3, -0.25) is 4.79 Å². The minimum Gasteiger partial charge on any atom is -0.383 e. The molecule has 1 aromatic rings. The molecule has 8 heteroatoms. The molecular weight excluding hydrogens is 294 g/mol. The number of nitrogens with two attached hydrogens (primary N) is 1. The van der Waals surface area contributed by atoms with Gasteiger partial charge in [-0.25, -0.2) is 13.6 Å². The molecule has 0 spiro atoms. The Bertz CT molecular complexity index is 623. The van der Waals surface area contributed by atoms with Crippen molar-refractivity contribution in [2.24, 2.45) is 11.1 Å². The van der Waals surface area contributed by atoms with Crippen molar-refractivity contribution in [1.29, 1.82) is 0 Å². The van der Waals surface area contributed by atoms with Crippen molar-refractivity contribution in [2.75, 3.05) is 26.8 Å². The number of rotatable bonds is 5. The van der Waals surface area contributed by atoms with Gasteiger partial charge in [0.15, 0.2) is 0 Å². The third-order valence-electron chi connectivity index (χ3n) is 3.67. The fourth-order valence-electron chi connectivity index (χ4n) is 2.47. The van der Waals surface area contributed by atoms with E-state index in [0.717, 1.165) is 6.42 Å². The summed E-state index contributed by atoms with van der Waals surface area (Å²) in [6.45, 7) is 4.26. The molecule has 2 heterocycles. The van der Waals surface area contributed by atoms with Crippen molar-refractivity contribution in [1.82, 2.24) is 9.47 Å². The summed E-state index contributed by atoms with van der Waals surface area (Å²) in [4.78, 5) is 14.2. The number of carbonyl (C=O) groups is 1. The van der Waals surface area contributed by atoms with Gasteiger partial charge >= 0.3 is 0 Å². The van der Waals surface area contributed by atoms with Crippen LogP contribution in [-0.4, -0.2) is 50.6 Å². The Kier molecular flexibility index (Phi) is 4.70. The standard InChI is InChI=1S/C13H21N3O4S/c1-10-3-4-16(8-10)13(17)12-7-11(21(14,18)19)9-15(12)5-6-20-2/h7,9-10H,3-6,8H2,1-2H3,(H2,14,18,19). The quantitative estimate of drug-likeness (QED) is 0.843. The Balaban J connectivity index is 2.31. The Morgan fingerprint density at radius 1 is 1.52 bits per heavy atom. The van der Waals surface area contributed by atoms with E-state index in [4.69, 9.17) is 9.88 Å². The van der Waals surface area contributed by atoms with Crippen LogP contribution in [0.15, 0.2) is 17.2 Å². The second-order valence-corrected chi connectivity index (χ2v) is 7.00. The molecule has 1 aliphatic rings. The maximum atomic E-state index is 12.5. The number of carbonyl (C=O) groups excluding carboxylic acids is 1. The Labute approximate surface area is 124 Å². The fourth-order valence-corrected chi connectivity index (χ4v) is 3.02. The minimum absolute atomic E-state index is 0.0470. The largest absolute Gasteiger partial charge is 0.383 e. The van der Waals surface area contributed by atoms with Crippen LogP contribution >= 0.6 is 0 Å². The monoisotopic (exact) mass is 315 g/mol. The number of likely N-dealkylation sites (tertiary alicyclic amines) is 1. The van der Waals surface area contributed by atoms with Crippen LogP contribution in [0.3, 0.4) is 0 Å². The van der Waals surface area contributed by atoms with Gasteiger partial charge in [0.05, 0.1) is 6.61 Å². The maximum Gasteiger partial charge on any atom is 0.270 e. The number of ether oxygens (including phenoxy) is 1. The van der Waals surface area contributed by atoms with Gasteiger partial charge in [0.25, 0.3) is 5.91 Å². The molecule has 21 heavy (non-hydrogen) atoms. The second kappa shape index (κ2) is 6.17. The van der Waals surface area contributed by atoms with Crippen molar-refractivity contribution >= 4 is 15.9 Å². The van der Waals surface area contributed by atoms with E-state index in [1.165, 1.54) is 12.3 Å². The third kappa shape index (κ3) is 3.63. The molecule has 1 unspecified atom stereocenters. The maximum absolute atomic E-state index is 12.5. The average molecular weight is 315 g/mol. The van der Waals surface area contributed by atoms with Gasteiger partial charge in [-0.05, 0) is 18.4 Å². The lowest BCUT2D eigenvalue weighted by molar-refractivity contribution is 0.0774. The summed E-state index contributed by atoms with van der Waals surface area (Å²) in [5, 5.41) is 5.15. The molecule has 0 bridgehead atoms. The minimum atomic E-state index is -3.83. The van der Waals surface area contributed by atoms with Gasteiger partial charge in [0.2, 0.25) is 10.0 Å². The highest BCUT2D eigenvalue weighted by molar-refractivity contribution is 7.89. The van der Waals surface area contributed by atoms with E-state index >= 15 is 0 Å². The molecule has 1 saturated heterocycles. The summed E-state index contributed by atoms with van der Waals surface area (Å²) >= 11 is 0.